The molecule has 0 fully saturated rings. The molecule has 2 aromatic rings. The Morgan fingerprint density at radius 2 is 1.63 bits per heavy atom. The second-order valence-corrected chi connectivity index (χ2v) is 5.38. The molecule has 0 aliphatic heterocycles. The van der Waals surface area contributed by atoms with Gasteiger partial charge in [0.2, 0.25) is 0 Å². The number of hydrogen-bond donors (Lipinski definition) is 1. The lowest BCUT2D eigenvalue weighted by Gasteiger charge is -2.26. The van der Waals surface area contributed by atoms with E-state index in [1.165, 1.54) is 16.7 Å². The van der Waals surface area contributed by atoms with Gasteiger partial charge in [-0.15, -0.1) is 0 Å². The predicted molar refractivity (Wildman–Crippen MR) is 79.1 cm³/mol. The molecule has 0 saturated heterocycles. The summed E-state index contributed by atoms with van der Waals surface area (Å²) < 4.78 is 0. The predicted octanol–water partition coefficient (Wildman–Crippen LogP) is 4.15. The average Bonchev–Trinajstić information content (AvgIpc) is 2.38. The van der Waals surface area contributed by atoms with Gasteiger partial charge < -0.3 is 5.11 Å². The third kappa shape index (κ3) is 2.22. The fraction of sp³-hybridized carbons (Fsp3) is 0.222. The molecule has 0 aromatic heterocycles. The third-order valence-corrected chi connectivity index (χ3v) is 3.77. The molecule has 1 N–H and O–H groups in total. The van der Waals surface area contributed by atoms with Crippen LogP contribution in [0, 0.1) is 13.8 Å². The van der Waals surface area contributed by atoms with Crippen molar-refractivity contribution in [1.29, 1.82) is 0 Å². The lowest BCUT2D eigenvalue weighted by molar-refractivity contribution is 0.160. The summed E-state index contributed by atoms with van der Waals surface area (Å²) in [6, 6.07) is 14.5. The molecule has 2 aromatic carbocycles. The summed E-state index contributed by atoms with van der Waals surface area (Å²) in [7, 11) is 0. The molecule has 1 aliphatic rings. The summed E-state index contributed by atoms with van der Waals surface area (Å²) in [5.74, 6) is 0.0495. The minimum atomic E-state index is -0.456. The zero-order valence-electron chi connectivity index (χ0n) is 11.3. The largest absolute Gasteiger partial charge is 0.387 e. The molecule has 1 heteroatoms. The van der Waals surface area contributed by atoms with Gasteiger partial charge in [-0.1, -0.05) is 65.7 Å². The number of aryl methyl sites for hydroxylation is 2. The van der Waals surface area contributed by atoms with Gasteiger partial charge in [-0.3, -0.25) is 0 Å². The Bertz CT molecular complexity index is 620. The summed E-state index contributed by atoms with van der Waals surface area (Å²) >= 11 is 0. The number of aliphatic hydroxyl groups excluding tert-OH is 1. The monoisotopic (exact) mass is 250 g/mol. The number of fused-ring (bicyclic) bond motifs is 1. The van der Waals surface area contributed by atoms with Crippen molar-refractivity contribution < 1.29 is 5.11 Å². The Balaban J connectivity index is 2.04. The topological polar surface area (TPSA) is 20.2 Å². The maximum Gasteiger partial charge on any atom is 0.0899 e. The molecule has 0 bridgehead atoms. The molecule has 2 unspecified atom stereocenters. The van der Waals surface area contributed by atoms with Crippen LogP contribution in [0.25, 0.3) is 6.08 Å². The number of hydrogen-bond acceptors (Lipinski definition) is 1. The standard InChI is InChI=1S/C18H18O/c1-12-9-13(2)11-15(10-12)17-8-7-14-5-3-4-6-16(14)18(17)19/h3-11,17-19H,1-2H3. The highest BCUT2D eigenvalue weighted by Crippen LogP contribution is 2.38. The van der Waals surface area contributed by atoms with Crippen molar-refractivity contribution in [2.45, 2.75) is 25.9 Å². The van der Waals surface area contributed by atoms with Crippen LogP contribution in [0.4, 0.5) is 0 Å². The van der Waals surface area contributed by atoms with Crippen LogP contribution >= 0.6 is 0 Å². The fourth-order valence-electron chi connectivity index (χ4n) is 2.93. The van der Waals surface area contributed by atoms with E-state index in [0.717, 1.165) is 11.1 Å². The van der Waals surface area contributed by atoms with Gasteiger partial charge in [-0.05, 0) is 30.5 Å². The molecular formula is C18H18O. The van der Waals surface area contributed by atoms with E-state index in [2.05, 4.69) is 44.2 Å². The van der Waals surface area contributed by atoms with E-state index < -0.39 is 6.10 Å². The molecule has 1 nitrogen and oxygen atoms in total. The van der Waals surface area contributed by atoms with Gasteiger partial charge in [-0.2, -0.15) is 0 Å². The van der Waals surface area contributed by atoms with E-state index in [0.29, 0.717) is 0 Å². The summed E-state index contributed by atoms with van der Waals surface area (Å²) in [5, 5.41) is 10.6. The van der Waals surface area contributed by atoms with Crippen molar-refractivity contribution in [1.82, 2.24) is 0 Å². The molecule has 96 valence electrons. The van der Waals surface area contributed by atoms with Crippen LogP contribution < -0.4 is 0 Å². The van der Waals surface area contributed by atoms with Gasteiger partial charge >= 0.3 is 0 Å². The molecule has 1 aliphatic carbocycles. The van der Waals surface area contributed by atoms with Crippen LogP contribution in [0.1, 0.15) is 39.8 Å². The molecular weight excluding hydrogens is 232 g/mol. The molecule has 2 atom stereocenters. The van der Waals surface area contributed by atoms with Crippen molar-refractivity contribution >= 4 is 6.08 Å². The van der Waals surface area contributed by atoms with Crippen molar-refractivity contribution in [3.63, 3.8) is 0 Å². The van der Waals surface area contributed by atoms with Crippen LogP contribution in [0.5, 0.6) is 0 Å². The molecule has 0 spiro atoms. The van der Waals surface area contributed by atoms with Crippen LogP contribution in [0.2, 0.25) is 0 Å². The van der Waals surface area contributed by atoms with Gasteiger partial charge in [0.15, 0.2) is 0 Å². The van der Waals surface area contributed by atoms with Crippen LogP contribution in [0.15, 0.2) is 48.5 Å². The van der Waals surface area contributed by atoms with Gasteiger partial charge in [-0.25, -0.2) is 0 Å². The Hall–Kier alpha value is -1.86. The van der Waals surface area contributed by atoms with E-state index in [-0.39, 0.29) is 5.92 Å². The van der Waals surface area contributed by atoms with Gasteiger partial charge in [0.1, 0.15) is 0 Å². The Labute approximate surface area is 114 Å². The van der Waals surface area contributed by atoms with Crippen molar-refractivity contribution in [3.8, 4) is 0 Å². The van der Waals surface area contributed by atoms with Gasteiger partial charge in [0, 0.05) is 5.92 Å². The first kappa shape index (κ1) is 12.2. The summed E-state index contributed by atoms with van der Waals surface area (Å²) in [4.78, 5) is 0. The van der Waals surface area contributed by atoms with Crippen LogP contribution in [-0.2, 0) is 0 Å². The molecule has 3 rings (SSSR count). The fourth-order valence-corrected chi connectivity index (χ4v) is 2.93. The lowest BCUT2D eigenvalue weighted by atomic mass is 9.82. The van der Waals surface area contributed by atoms with E-state index in [4.69, 9.17) is 0 Å². The maximum absolute atomic E-state index is 10.6. The Kier molecular flexibility index (Phi) is 3.00. The SMILES string of the molecule is Cc1cc(C)cc(C2C=Cc3ccccc3C2O)c1. The number of aliphatic hydroxyl groups is 1. The second-order valence-electron chi connectivity index (χ2n) is 5.38. The Morgan fingerprint density at radius 1 is 0.947 bits per heavy atom. The molecule has 19 heavy (non-hydrogen) atoms. The first-order valence-electron chi connectivity index (χ1n) is 6.68. The van der Waals surface area contributed by atoms with E-state index >= 15 is 0 Å². The third-order valence-electron chi connectivity index (χ3n) is 3.77. The average molecular weight is 250 g/mol. The molecule has 0 amide bonds. The van der Waals surface area contributed by atoms with Crippen molar-refractivity contribution in [2.24, 2.45) is 0 Å². The van der Waals surface area contributed by atoms with Gasteiger partial charge in [0.25, 0.3) is 0 Å². The minimum absolute atomic E-state index is 0.0495. The van der Waals surface area contributed by atoms with Crippen LogP contribution in [0.3, 0.4) is 0 Å². The second kappa shape index (κ2) is 4.67. The quantitative estimate of drug-likeness (QED) is 0.806. The van der Waals surface area contributed by atoms with Crippen LogP contribution in [-0.4, -0.2) is 5.11 Å². The highest BCUT2D eigenvalue weighted by atomic mass is 16.3. The molecule has 0 radical (unpaired) electrons. The highest BCUT2D eigenvalue weighted by Gasteiger charge is 2.25. The molecule has 0 saturated carbocycles. The van der Waals surface area contributed by atoms with Gasteiger partial charge in [0.05, 0.1) is 6.10 Å². The van der Waals surface area contributed by atoms with Crippen molar-refractivity contribution in [2.75, 3.05) is 0 Å². The zero-order chi connectivity index (χ0) is 13.4. The molecule has 0 heterocycles. The summed E-state index contributed by atoms with van der Waals surface area (Å²) in [5.41, 5.74) is 5.82. The normalized spacial score (nSPS) is 21.2. The highest BCUT2D eigenvalue weighted by molar-refractivity contribution is 5.60. The van der Waals surface area contributed by atoms with E-state index in [9.17, 15) is 5.11 Å². The Morgan fingerprint density at radius 3 is 2.37 bits per heavy atom. The zero-order valence-corrected chi connectivity index (χ0v) is 11.3. The first-order valence-corrected chi connectivity index (χ1v) is 6.68. The van der Waals surface area contributed by atoms with E-state index in [1.54, 1.807) is 0 Å². The first-order chi connectivity index (χ1) is 9.15. The minimum Gasteiger partial charge on any atom is -0.387 e. The van der Waals surface area contributed by atoms with E-state index in [1.807, 2.05) is 24.3 Å². The lowest BCUT2D eigenvalue weighted by Crippen LogP contribution is -2.13. The number of benzene rings is 2. The smallest absolute Gasteiger partial charge is 0.0899 e. The summed E-state index contributed by atoms with van der Waals surface area (Å²) in [6.07, 6.45) is 3.77. The summed E-state index contributed by atoms with van der Waals surface area (Å²) in [6.45, 7) is 4.20. The number of rotatable bonds is 1. The van der Waals surface area contributed by atoms with Crippen molar-refractivity contribution in [3.05, 3.63) is 76.4 Å². The maximum atomic E-state index is 10.6.